The highest BCUT2D eigenvalue weighted by Crippen LogP contribution is 2.23. The molecule has 0 bridgehead atoms. The molecule has 1 aliphatic rings. The van der Waals surface area contributed by atoms with Crippen molar-refractivity contribution in [3.05, 3.63) is 0 Å². The standard InChI is InChI=1S/C11H24N2/c1-3-12-7-4-10(2)11-5-8-13-9-6-11/h10-13H,3-9H2,1-2H3. The molecule has 0 amide bonds. The van der Waals surface area contributed by atoms with E-state index in [1.165, 1.54) is 38.9 Å². The van der Waals surface area contributed by atoms with Crippen LogP contribution in [0.25, 0.3) is 0 Å². The normalized spacial score (nSPS) is 21.7. The molecular weight excluding hydrogens is 160 g/mol. The molecule has 1 saturated heterocycles. The average Bonchev–Trinajstić information content (AvgIpc) is 2.19. The highest BCUT2D eigenvalue weighted by atomic mass is 14.9. The van der Waals surface area contributed by atoms with E-state index in [1.54, 1.807) is 0 Å². The van der Waals surface area contributed by atoms with Crippen molar-refractivity contribution in [3.63, 3.8) is 0 Å². The third-order valence-electron chi connectivity index (χ3n) is 3.22. The third kappa shape index (κ3) is 4.10. The summed E-state index contributed by atoms with van der Waals surface area (Å²) in [6, 6.07) is 0. The third-order valence-corrected chi connectivity index (χ3v) is 3.22. The molecule has 1 rings (SSSR count). The minimum Gasteiger partial charge on any atom is -0.317 e. The van der Waals surface area contributed by atoms with Crippen LogP contribution in [0.3, 0.4) is 0 Å². The molecule has 0 aromatic carbocycles. The van der Waals surface area contributed by atoms with Crippen LogP contribution in [0.15, 0.2) is 0 Å². The van der Waals surface area contributed by atoms with Gasteiger partial charge in [-0.15, -0.1) is 0 Å². The van der Waals surface area contributed by atoms with Gasteiger partial charge >= 0.3 is 0 Å². The van der Waals surface area contributed by atoms with Gasteiger partial charge in [-0.1, -0.05) is 13.8 Å². The molecule has 0 spiro atoms. The zero-order chi connectivity index (χ0) is 9.52. The van der Waals surface area contributed by atoms with E-state index >= 15 is 0 Å². The minimum atomic E-state index is 0.904. The Morgan fingerprint density at radius 1 is 1.38 bits per heavy atom. The molecule has 1 fully saturated rings. The summed E-state index contributed by atoms with van der Waals surface area (Å²) in [4.78, 5) is 0. The van der Waals surface area contributed by atoms with Gasteiger partial charge in [-0.3, -0.25) is 0 Å². The second-order valence-electron chi connectivity index (χ2n) is 4.21. The number of nitrogens with one attached hydrogen (secondary N) is 2. The maximum Gasteiger partial charge on any atom is -0.00462 e. The smallest absolute Gasteiger partial charge is 0.00462 e. The molecule has 78 valence electrons. The molecule has 0 aromatic rings. The molecule has 2 nitrogen and oxygen atoms in total. The molecule has 0 aliphatic carbocycles. The van der Waals surface area contributed by atoms with Crippen molar-refractivity contribution in [2.75, 3.05) is 26.2 Å². The van der Waals surface area contributed by atoms with Gasteiger partial charge in [0.15, 0.2) is 0 Å². The monoisotopic (exact) mass is 184 g/mol. The van der Waals surface area contributed by atoms with Crippen LogP contribution in [0, 0.1) is 11.8 Å². The van der Waals surface area contributed by atoms with Gasteiger partial charge in [0.25, 0.3) is 0 Å². The second kappa shape index (κ2) is 6.39. The molecule has 0 radical (unpaired) electrons. The molecule has 13 heavy (non-hydrogen) atoms. The van der Waals surface area contributed by atoms with E-state index in [0.29, 0.717) is 0 Å². The van der Waals surface area contributed by atoms with Crippen molar-refractivity contribution in [1.29, 1.82) is 0 Å². The van der Waals surface area contributed by atoms with E-state index in [-0.39, 0.29) is 0 Å². The predicted molar refractivity (Wildman–Crippen MR) is 57.9 cm³/mol. The molecular formula is C11H24N2. The fraction of sp³-hybridized carbons (Fsp3) is 1.00. The lowest BCUT2D eigenvalue weighted by atomic mass is 9.84. The van der Waals surface area contributed by atoms with Gasteiger partial charge in [-0.2, -0.15) is 0 Å². The largest absolute Gasteiger partial charge is 0.317 e. The van der Waals surface area contributed by atoms with Crippen molar-refractivity contribution in [1.82, 2.24) is 10.6 Å². The van der Waals surface area contributed by atoms with Gasteiger partial charge < -0.3 is 10.6 Å². The van der Waals surface area contributed by atoms with Crippen molar-refractivity contribution in [3.8, 4) is 0 Å². The van der Waals surface area contributed by atoms with Crippen LogP contribution in [0.2, 0.25) is 0 Å². The Balaban J connectivity index is 2.09. The number of rotatable bonds is 5. The maximum absolute atomic E-state index is 3.42. The number of piperidine rings is 1. The molecule has 2 N–H and O–H groups in total. The average molecular weight is 184 g/mol. The first-order valence-electron chi connectivity index (χ1n) is 5.76. The van der Waals surface area contributed by atoms with Crippen molar-refractivity contribution < 1.29 is 0 Å². The summed E-state index contributed by atoms with van der Waals surface area (Å²) < 4.78 is 0. The van der Waals surface area contributed by atoms with Gasteiger partial charge in [0.1, 0.15) is 0 Å². The molecule has 1 unspecified atom stereocenters. The Morgan fingerprint density at radius 3 is 2.69 bits per heavy atom. The van der Waals surface area contributed by atoms with Crippen LogP contribution in [0.4, 0.5) is 0 Å². The lowest BCUT2D eigenvalue weighted by molar-refractivity contribution is 0.262. The SMILES string of the molecule is CCNCCC(C)C1CCNCC1. The molecule has 2 heteroatoms. The van der Waals surface area contributed by atoms with Crippen LogP contribution in [-0.2, 0) is 0 Å². The van der Waals surface area contributed by atoms with Gasteiger partial charge in [0, 0.05) is 0 Å². The molecule has 1 atom stereocenters. The Labute approximate surface area is 82.5 Å². The summed E-state index contributed by atoms with van der Waals surface area (Å²) in [6.07, 6.45) is 4.11. The predicted octanol–water partition coefficient (Wildman–Crippen LogP) is 1.62. The summed E-state index contributed by atoms with van der Waals surface area (Å²) in [7, 11) is 0. The van der Waals surface area contributed by atoms with Gasteiger partial charge in [-0.05, 0) is 57.3 Å². The number of hydrogen-bond donors (Lipinski definition) is 2. The van der Waals surface area contributed by atoms with Crippen LogP contribution in [0.5, 0.6) is 0 Å². The fourth-order valence-electron chi connectivity index (χ4n) is 2.16. The van der Waals surface area contributed by atoms with E-state index in [0.717, 1.165) is 18.4 Å². The molecule has 0 saturated carbocycles. The van der Waals surface area contributed by atoms with Crippen LogP contribution in [-0.4, -0.2) is 26.2 Å². The first kappa shape index (κ1) is 11.0. The molecule has 1 heterocycles. The van der Waals surface area contributed by atoms with E-state index < -0.39 is 0 Å². The van der Waals surface area contributed by atoms with Crippen LogP contribution < -0.4 is 10.6 Å². The second-order valence-corrected chi connectivity index (χ2v) is 4.21. The highest BCUT2D eigenvalue weighted by molar-refractivity contribution is 4.73. The van der Waals surface area contributed by atoms with Crippen LogP contribution in [0.1, 0.15) is 33.1 Å². The molecule has 1 aliphatic heterocycles. The van der Waals surface area contributed by atoms with Gasteiger partial charge in [0.05, 0.1) is 0 Å². The van der Waals surface area contributed by atoms with E-state index in [2.05, 4.69) is 24.5 Å². The topological polar surface area (TPSA) is 24.1 Å². The maximum atomic E-state index is 3.42. The van der Waals surface area contributed by atoms with E-state index in [4.69, 9.17) is 0 Å². The summed E-state index contributed by atoms with van der Waals surface area (Å²) in [5.41, 5.74) is 0. The van der Waals surface area contributed by atoms with Crippen molar-refractivity contribution >= 4 is 0 Å². The summed E-state index contributed by atoms with van der Waals surface area (Å²) in [6.45, 7) is 9.36. The first-order valence-corrected chi connectivity index (χ1v) is 5.76. The lowest BCUT2D eigenvalue weighted by Crippen LogP contribution is -2.31. The summed E-state index contributed by atoms with van der Waals surface area (Å²) in [5, 5.41) is 6.82. The fourth-order valence-corrected chi connectivity index (χ4v) is 2.16. The van der Waals surface area contributed by atoms with Crippen molar-refractivity contribution in [2.45, 2.75) is 33.1 Å². The van der Waals surface area contributed by atoms with Crippen molar-refractivity contribution in [2.24, 2.45) is 11.8 Å². The van der Waals surface area contributed by atoms with E-state index in [9.17, 15) is 0 Å². The van der Waals surface area contributed by atoms with Crippen LogP contribution >= 0.6 is 0 Å². The highest BCUT2D eigenvalue weighted by Gasteiger charge is 2.18. The summed E-state index contributed by atoms with van der Waals surface area (Å²) >= 11 is 0. The number of hydrogen-bond acceptors (Lipinski definition) is 2. The van der Waals surface area contributed by atoms with E-state index in [1.807, 2.05) is 0 Å². The zero-order valence-corrected chi connectivity index (χ0v) is 9.10. The Morgan fingerprint density at radius 2 is 2.08 bits per heavy atom. The Bertz CT molecular complexity index is 119. The van der Waals surface area contributed by atoms with Gasteiger partial charge in [0.2, 0.25) is 0 Å². The summed E-state index contributed by atoms with van der Waals surface area (Å²) in [5.74, 6) is 1.88. The Hall–Kier alpha value is -0.0800. The lowest BCUT2D eigenvalue weighted by Gasteiger charge is -2.28. The minimum absolute atomic E-state index is 0.904. The quantitative estimate of drug-likeness (QED) is 0.635. The Kier molecular flexibility index (Phi) is 5.40. The zero-order valence-electron chi connectivity index (χ0n) is 9.10. The van der Waals surface area contributed by atoms with Gasteiger partial charge in [-0.25, -0.2) is 0 Å². The molecule has 0 aromatic heterocycles. The first-order chi connectivity index (χ1) is 6.34.